The van der Waals surface area contributed by atoms with Crippen LogP contribution >= 0.6 is 11.8 Å². The number of hydrogen-bond acceptors (Lipinski definition) is 4. The zero-order valence-corrected chi connectivity index (χ0v) is 17.6. The molecule has 1 N–H and O–H groups in total. The highest BCUT2D eigenvalue weighted by Crippen LogP contribution is 2.34. The molecule has 0 unspecified atom stereocenters. The molecule has 5 nitrogen and oxygen atoms in total. The number of benzene rings is 1. The molecule has 1 fully saturated rings. The van der Waals surface area contributed by atoms with Crippen LogP contribution in [0.4, 0.5) is 0 Å². The zero-order valence-electron chi connectivity index (χ0n) is 16.8. The second-order valence-electron chi connectivity index (χ2n) is 7.48. The highest BCUT2D eigenvalue weighted by Gasteiger charge is 2.25. The standard InChI is InChI=1S/C22H30N4OS/c1-4-15-26-20(19-13-9-6-10-14-19)24-25-22(26)28-17(3)21(27)23-16(2)18-11-7-5-8-12-18/h4-5,7-8,11-12,16-17,19H,1,6,9-10,13-15H2,2-3H3,(H,23,27)/t16-,17-/m0/s1. The molecule has 6 heteroatoms. The lowest BCUT2D eigenvalue weighted by molar-refractivity contribution is -0.120. The molecule has 1 aliphatic carbocycles. The van der Waals surface area contributed by atoms with Gasteiger partial charge in [-0.3, -0.25) is 4.79 Å². The van der Waals surface area contributed by atoms with Crippen molar-refractivity contribution in [3.63, 3.8) is 0 Å². The van der Waals surface area contributed by atoms with Crippen LogP contribution in [0.2, 0.25) is 0 Å². The van der Waals surface area contributed by atoms with Crippen LogP contribution in [0, 0.1) is 0 Å². The Hall–Kier alpha value is -2.08. The molecule has 0 aliphatic heterocycles. The summed E-state index contributed by atoms with van der Waals surface area (Å²) in [5.74, 6) is 1.53. The first kappa shape index (κ1) is 20.6. The quantitative estimate of drug-likeness (QED) is 0.509. The average Bonchev–Trinajstić information content (AvgIpc) is 3.11. The number of amides is 1. The van der Waals surface area contributed by atoms with E-state index in [-0.39, 0.29) is 17.2 Å². The first-order valence-electron chi connectivity index (χ1n) is 10.2. The van der Waals surface area contributed by atoms with Crippen molar-refractivity contribution in [3.8, 4) is 0 Å². The number of carbonyl (C=O) groups is 1. The van der Waals surface area contributed by atoms with Gasteiger partial charge in [-0.25, -0.2) is 0 Å². The number of carbonyl (C=O) groups excluding carboxylic acids is 1. The van der Waals surface area contributed by atoms with Gasteiger partial charge in [0.25, 0.3) is 0 Å². The summed E-state index contributed by atoms with van der Waals surface area (Å²) in [5.41, 5.74) is 1.10. The molecule has 1 saturated carbocycles. The van der Waals surface area contributed by atoms with Gasteiger partial charge < -0.3 is 9.88 Å². The summed E-state index contributed by atoms with van der Waals surface area (Å²) in [6.07, 6.45) is 8.04. The Labute approximate surface area is 172 Å². The van der Waals surface area contributed by atoms with Gasteiger partial charge in [-0.2, -0.15) is 0 Å². The van der Waals surface area contributed by atoms with Gasteiger partial charge in [-0.1, -0.05) is 67.4 Å². The second kappa shape index (κ2) is 9.92. The van der Waals surface area contributed by atoms with E-state index in [2.05, 4.69) is 26.7 Å². The molecule has 2 atom stereocenters. The van der Waals surface area contributed by atoms with E-state index in [1.165, 1.54) is 43.9 Å². The van der Waals surface area contributed by atoms with Gasteiger partial charge in [0.1, 0.15) is 5.82 Å². The Kier molecular flexibility index (Phi) is 7.31. The maximum Gasteiger partial charge on any atom is 0.233 e. The average molecular weight is 399 g/mol. The predicted molar refractivity (Wildman–Crippen MR) is 114 cm³/mol. The highest BCUT2D eigenvalue weighted by atomic mass is 32.2. The second-order valence-corrected chi connectivity index (χ2v) is 8.78. The fourth-order valence-electron chi connectivity index (χ4n) is 3.72. The molecular formula is C22H30N4OS. The summed E-state index contributed by atoms with van der Waals surface area (Å²) >= 11 is 1.47. The molecule has 0 spiro atoms. The van der Waals surface area contributed by atoms with Gasteiger partial charge in [0.15, 0.2) is 5.16 Å². The van der Waals surface area contributed by atoms with Gasteiger partial charge in [0, 0.05) is 12.5 Å². The maximum atomic E-state index is 12.7. The normalized spacial score (nSPS) is 17.1. The molecular weight excluding hydrogens is 368 g/mol. The van der Waals surface area contributed by atoms with Crippen LogP contribution in [0.25, 0.3) is 0 Å². The Morgan fingerprint density at radius 3 is 2.64 bits per heavy atom. The number of allylic oxidation sites excluding steroid dienone is 1. The Bertz CT molecular complexity index is 783. The van der Waals surface area contributed by atoms with Crippen LogP contribution in [0.15, 0.2) is 48.1 Å². The summed E-state index contributed by atoms with van der Waals surface area (Å²) < 4.78 is 2.14. The van der Waals surface area contributed by atoms with Crippen LogP contribution in [0.5, 0.6) is 0 Å². The van der Waals surface area contributed by atoms with E-state index >= 15 is 0 Å². The maximum absolute atomic E-state index is 12.7. The van der Waals surface area contributed by atoms with Crippen molar-refractivity contribution < 1.29 is 4.79 Å². The molecule has 2 aromatic rings. The lowest BCUT2D eigenvalue weighted by atomic mass is 9.89. The SMILES string of the molecule is C=CCn1c(S[C@@H](C)C(=O)N[C@@H](C)c2ccccc2)nnc1C1CCCCC1. The van der Waals surface area contributed by atoms with Crippen LogP contribution in [0.3, 0.4) is 0 Å². The first-order valence-corrected chi connectivity index (χ1v) is 11.0. The highest BCUT2D eigenvalue weighted by molar-refractivity contribution is 8.00. The van der Waals surface area contributed by atoms with E-state index in [0.717, 1.165) is 16.5 Å². The topological polar surface area (TPSA) is 59.8 Å². The minimum atomic E-state index is -0.252. The van der Waals surface area contributed by atoms with Crippen LogP contribution in [-0.2, 0) is 11.3 Å². The molecule has 1 aliphatic rings. The van der Waals surface area contributed by atoms with Crippen LogP contribution in [-0.4, -0.2) is 25.9 Å². The van der Waals surface area contributed by atoms with Gasteiger partial charge in [-0.15, -0.1) is 16.8 Å². The van der Waals surface area contributed by atoms with Crippen molar-refractivity contribution >= 4 is 17.7 Å². The van der Waals surface area contributed by atoms with Crippen molar-refractivity contribution in [3.05, 3.63) is 54.4 Å². The number of nitrogens with zero attached hydrogens (tertiary/aromatic N) is 3. The molecule has 0 saturated heterocycles. The largest absolute Gasteiger partial charge is 0.349 e. The lowest BCUT2D eigenvalue weighted by Crippen LogP contribution is -2.33. The molecule has 150 valence electrons. The number of hydrogen-bond donors (Lipinski definition) is 1. The minimum Gasteiger partial charge on any atom is -0.349 e. The van der Waals surface area contributed by atoms with Crippen molar-refractivity contribution in [2.24, 2.45) is 0 Å². The number of aromatic nitrogens is 3. The summed E-state index contributed by atoms with van der Waals surface area (Å²) in [4.78, 5) is 12.7. The molecule has 1 amide bonds. The Morgan fingerprint density at radius 2 is 1.96 bits per heavy atom. The summed E-state index contributed by atoms with van der Waals surface area (Å²) in [5, 5.41) is 12.6. The van der Waals surface area contributed by atoms with Gasteiger partial charge in [0.05, 0.1) is 11.3 Å². The van der Waals surface area contributed by atoms with Crippen molar-refractivity contribution in [1.82, 2.24) is 20.1 Å². The predicted octanol–water partition coefficient (Wildman–Crippen LogP) is 4.87. The summed E-state index contributed by atoms with van der Waals surface area (Å²) in [7, 11) is 0. The monoisotopic (exact) mass is 398 g/mol. The third-order valence-corrected chi connectivity index (χ3v) is 6.42. The van der Waals surface area contributed by atoms with Crippen LogP contribution in [0.1, 0.15) is 69.3 Å². The zero-order chi connectivity index (χ0) is 19.9. The van der Waals surface area contributed by atoms with Crippen molar-refractivity contribution in [2.45, 2.75) is 74.9 Å². The third-order valence-electron chi connectivity index (χ3n) is 5.34. The number of nitrogens with one attached hydrogen (secondary N) is 1. The molecule has 1 heterocycles. The van der Waals surface area contributed by atoms with E-state index < -0.39 is 0 Å². The van der Waals surface area contributed by atoms with E-state index in [9.17, 15) is 4.79 Å². The Morgan fingerprint density at radius 1 is 1.25 bits per heavy atom. The van der Waals surface area contributed by atoms with Crippen molar-refractivity contribution in [1.29, 1.82) is 0 Å². The van der Waals surface area contributed by atoms with E-state index in [1.54, 1.807) is 0 Å². The first-order chi connectivity index (χ1) is 13.6. The van der Waals surface area contributed by atoms with E-state index in [1.807, 2.05) is 50.3 Å². The van der Waals surface area contributed by atoms with Gasteiger partial charge in [-0.05, 0) is 32.3 Å². The summed E-state index contributed by atoms with van der Waals surface area (Å²) in [6, 6.07) is 9.98. The van der Waals surface area contributed by atoms with Gasteiger partial charge in [0.2, 0.25) is 5.91 Å². The van der Waals surface area contributed by atoms with E-state index in [4.69, 9.17) is 0 Å². The number of thioether (sulfide) groups is 1. The fraction of sp³-hybridized carbons (Fsp3) is 0.500. The lowest BCUT2D eigenvalue weighted by Gasteiger charge is -2.22. The molecule has 28 heavy (non-hydrogen) atoms. The fourth-order valence-corrected chi connectivity index (χ4v) is 4.59. The molecule has 1 aromatic carbocycles. The smallest absolute Gasteiger partial charge is 0.233 e. The van der Waals surface area contributed by atoms with Crippen molar-refractivity contribution in [2.75, 3.05) is 0 Å². The third kappa shape index (κ3) is 5.04. The van der Waals surface area contributed by atoms with E-state index in [0.29, 0.717) is 12.5 Å². The Balaban J connectivity index is 1.67. The molecule has 1 aromatic heterocycles. The van der Waals surface area contributed by atoms with Crippen LogP contribution < -0.4 is 5.32 Å². The minimum absolute atomic E-state index is 0.00808. The molecule has 0 radical (unpaired) electrons. The van der Waals surface area contributed by atoms with Gasteiger partial charge >= 0.3 is 0 Å². The number of rotatable bonds is 8. The summed E-state index contributed by atoms with van der Waals surface area (Å²) in [6.45, 7) is 8.49. The molecule has 0 bridgehead atoms. The molecule has 3 rings (SSSR count).